The molecule has 3 heterocycles. The van der Waals surface area contributed by atoms with Crippen molar-refractivity contribution in [3.8, 4) is 11.1 Å². The lowest BCUT2D eigenvalue weighted by Gasteiger charge is -2.37. The summed E-state index contributed by atoms with van der Waals surface area (Å²) in [5.74, 6) is -0.170. The zero-order valence-electron chi connectivity index (χ0n) is 32.1. The molecule has 2 saturated heterocycles. The molecule has 0 aliphatic carbocycles. The number of aromatic nitrogens is 1. The number of aryl methyl sites for hydroxylation is 2. The Balaban J connectivity index is 1.25. The van der Waals surface area contributed by atoms with Gasteiger partial charge >= 0.3 is 0 Å². The Morgan fingerprint density at radius 3 is 2.36 bits per heavy atom. The maximum Gasteiger partial charge on any atom is 0.253 e. The van der Waals surface area contributed by atoms with E-state index in [0.29, 0.717) is 50.0 Å². The molecule has 2 aromatic carbocycles. The maximum atomic E-state index is 13.9. The van der Waals surface area contributed by atoms with Gasteiger partial charge in [0.05, 0.1) is 13.2 Å². The second-order valence-electron chi connectivity index (χ2n) is 14.3. The molecule has 3 aromatic rings. The van der Waals surface area contributed by atoms with Gasteiger partial charge in [0.1, 0.15) is 0 Å². The lowest BCUT2D eigenvalue weighted by molar-refractivity contribution is -0.122. The van der Waals surface area contributed by atoms with Gasteiger partial charge in [-0.2, -0.15) is 0 Å². The molecule has 12 nitrogen and oxygen atoms in total. The number of anilines is 1. The molecule has 0 bridgehead atoms. The van der Waals surface area contributed by atoms with Crippen molar-refractivity contribution in [2.45, 2.75) is 66.1 Å². The van der Waals surface area contributed by atoms with Crippen LogP contribution in [0.2, 0.25) is 0 Å². The van der Waals surface area contributed by atoms with Gasteiger partial charge < -0.3 is 35.7 Å². The van der Waals surface area contributed by atoms with E-state index in [-0.39, 0.29) is 23.9 Å². The number of nitrogens with zero attached hydrogens (tertiary/aromatic N) is 3. The van der Waals surface area contributed by atoms with Crippen LogP contribution >= 0.6 is 0 Å². The first-order chi connectivity index (χ1) is 25.7. The van der Waals surface area contributed by atoms with E-state index in [1.807, 2.05) is 32.9 Å². The molecule has 5 rings (SSSR count). The van der Waals surface area contributed by atoms with Gasteiger partial charge in [-0.25, -0.2) is 0 Å². The molecule has 0 unspecified atom stereocenters. The fourth-order valence-electron chi connectivity index (χ4n) is 7.36. The Morgan fingerprint density at radius 1 is 0.962 bits per heavy atom. The van der Waals surface area contributed by atoms with Gasteiger partial charge in [0.2, 0.25) is 5.91 Å². The highest BCUT2D eigenvalue weighted by Gasteiger charge is 2.25. The van der Waals surface area contributed by atoms with Crippen LogP contribution in [0.4, 0.5) is 5.69 Å². The van der Waals surface area contributed by atoms with Gasteiger partial charge in [-0.05, 0) is 99.5 Å². The van der Waals surface area contributed by atoms with Gasteiger partial charge in [0, 0.05) is 101 Å². The number of amides is 2. The first-order valence-corrected chi connectivity index (χ1v) is 19.2. The third-order valence-corrected chi connectivity index (χ3v) is 10.4. The van der Waals surface area contributed by atoms with E-state index in [1.54, 1.807) is 0 Å². The molecule has 0 atom stereocenters. The van der Waals surface area contributed by atoms with Crippen LogP contribution < -0.4 is 26.8 Å². The smallest absolute Gasteiger partial charge is 0.253 e. The average molecular weight is 730 g/mol. The first-order valence-electron chi connectivity index (χ1n) is 19.2. The number of piperazine rings is 1. The summed E-state index contributed by atoms with van der Waals surface area (Å²) in [5.41, 5.74) is 13.3. The highest BCUT2D eigenvalue weighted by molar-refractivity contribution is 5.99. The number of pyridine rings is 1. The third-order valence-electron chi connectivity index (χ3n) is 10.4. The lowest BCUT2D eigenvalue weighted by atomic mass is 9.94. The van der Waals surface area contributed by atoms with Crippen molar-refractivity contribution in [1.82, 2.24) is 25.4 Å². The van der Waals surface area contributed by atoms with Crippen LogP contribution in [0.5, 0.6) is 0 Å². The fraction of sp³-hybridized carbons (Fsp3) is 0.537. The molecule has 2 aliphatic heterocycles. The van der Waals surface area contributed by atoms with Crippen LogP contribution in [-0.2, 0) is 27.4 Å². The number of ether oxygens (including phenoxy) is 2. The van der Waals surface area contributed by atoms with Crippen molar-refractivity contribution in [2.24, 2.45) is 5.73 Å². The molecule has 2 amide bonds. The van der Waals surface area contributed by atoms with Crippen LogP contribution in [-0.4, -0.2) is 111 Å². The summed E-state index contributed by atoms with van der Waals surface area (Å²) < 4.78 is 11.1. The Hall–Kier alpha value is -4.07. The zero-order valence-corrected chi connectivity index (χ0v) is 32.1. The number of nitrogens with one attached hydrogen (secondary N) is 3. The number of carbonyl (C=O) groups excluding carboxylic acids is 2. The number of carbonyl (C=O) groups is 2. The number of hydrogen-bond donors (Lipinski definition) is 4. The average Bonchev–Trinajstić information content (AvgIpc) is 3.15. The van der Waals surface area contributed by atoms with Crippen LogP contribution in [0.15, 0.2) is 47.3 Å². The number of H-pyrrole nitrogens is 1. The van der Waals surface area contributed by atoms with Gasteiger partial charge in [0.15, 0.2) is 0 Å². The van der Waals surface area contributed by atoms with Crippen molar-refractivity contribution in [3.63, 3.8) is 0 Å². The molecule has 288 valence electrons. The van der Waals surface area contributed by atoms with Crippen molar-refractivity contribution < 1.29 is 19.1 Å². The molecule has 2 fully saturated rings. The van der Waals surface area contributed by atoms with Gasteiger partial charge in [-0.3, -0.25) is 24.2 Å². The van der Waals surface area contributed by atoms with E-state index < -0.39 is 0 Å². The van der Waals surface area contributed by atoms with Crippen LogP contribution in [0.1, 0.15) is 64.5 Å². The molecular weight excluding hydrogens is 670 g/mol. The zero-order chi connectivity index (χ0) is 37.7. The minimum Gasteiger partial charge on any atom is -0.381 e. The summed E-state index contributed by atoms with van der Waals surface area (Å²) in [6, 6.07) is 15.1. The van der Waals surface area contributed by atoms with Crippen molar-refractivity contribution >= 4 is 17.5 Å². The quantitative estimate of drug-likeness (QED) is 0.154. The minimum absolute atomic E-state index is 0.0304. The van der Waals surface area contributed by atoms with Crippen molar-refractivity contribution in [1.29, 1.82) is 0 Å². The van der Waals surface area contributed by atoms with Crippen molar-refractivity contribution in [2.75, 3.05) is 83.7 Å². The summed E-state index contributed by atoms with van der Waals surface area (Å²) in [5, 5.41) is 5.99. The standard InChI is InChI=1S/C41H59N7O5/c1-5-48(35-11-20-53-21-12-35)38-25-34(24-36(31(38)4)40(50)44-26-37-29(2)23-30(3)45-41(37)51)33-9-7-32(8-10-33)27-46-15-17-47(18-16-46)28-39(49)43-14-22-52-19-6-13-42/h7-10,23-25,35H,5-6,11-22,26-28,42H2,1-4H3,(H,43,49)(H,44,50)(H,45,51). The van der Waals surface area contributed by atoms with Crippen molar-refractivity contribution in [3.05, 3.63) is 86.3 Å². The maximum absolute atomic E-state index is 13.9. The largest absolute Gasteiger partial charge is 0.381 e. The second-order valence-corrected chi connectivity index (χ2v) is 14.3. The Bertz CT molecular complexity index is 1710. The first kappa shape index (κ1) is 40.1. The Kier molecular flexibility index (Phi) is 15.0. The topological polar surface area (TPSA) is 145 Å². The van der Waals surface area contributed by atoms with E-state index in [9.17, 15) is 14.4 Å². The van der Waals surface area contributed by atoms with Crippen LogP contribution in [0, 0.1) is 20.8 Å². The molecule has 2 aliphatic rings. The SMILES string of the molecule is CCN(c1cc(-c2ccc(CN3CCN(CC(=O)NCCOCCCN)CC3)cc2)cc(C(=O)NCc2c(C)cc(C)[nH]c2=O)c1C)C1CCOCC1. The number of rotatable bonds is 17. The lowest BCUT2D eigenvalue weighted by Crippen LogP contribution is -2.49. The van der Waals surface area contributed by atoms with E-state index >= 15 is 0 Å². The van der Waals surface area contributed by atoms with E-state index in [0.717, 1.165) is 105 Å². The molecular formula is C41H59N7O5. The summed E-state index contributed by atoms with van der Waals surface area (Å²) in [7, 11) is 0. The predicted molar refractivity (Wildman–Crippen MR) is 210 cm³/mol. The van der Waals surface area contributed by atoms with Gasteiger partial charge in [-0.15, -0.1) is 0 Å². The Labute approximate surface area is 314 Å². The summed E-state index contributed by atoms with van der Waals surface area (Å²) in [6.07, 6.45) is 2.71. The molecule has 0 saturated carbocycles. The van der Waals surface area contributed by atoms with Crippen LogP contribution in [0.25, 0.3) is 11.1 Å². The highest BCUT2D eigenvalue weighted by atomic mass is 16.5. The Morgan fingerprint density at radius 2 is 1.68 bits per heavy atom. The second kappa shape index (κ2) is 19.8. The van der Waals surface area contributed by atoms with E-state index in [1.165, 1.54) is 5.56 Å². The predicted octanol–water partition coefficient (Wildman–Crippen LogP) is 3.50. The summed E-state index contributed by atoms with van der Waals surface area (Å²) >= 11 is 0. The molecule has 0 radical (unpaired) electrons. The van der Waals surface area contributed by atoms with Gasteiger partial charge in [0.25, 0.3) is 11.5 Å². The van der Waals surface area contributed by atoms with E-state index in [4.69, 9.17) is 15.2 Å². The molecule has 5 N–H and O–H groups in total. The number of nitrogens with two attached hydrogens (primary N) is 1. The third kappa shape index (κ3) is 11.2. The monoisotopic (exact) mass is 729 g/mol. The fourth-order valence-corrected chi connectivity index (χ4v) is 7.36. The minimum atomic E-state index is -0.200. The normalized spacial score (nSPS) is 15.7. The molecule has 1 aromatic heterocycles. The summed E-state index contributed by atoms with van der Waals surface area (Å²) in [4.78, 5) is 48.9. The number of aromatic amines is 1. The summed E-state index contributed by atoms with van der Waals surface area (Å²) in [6.45, 7) is 17.3. The molecule has 53 heavy (non-hydrogen) atoms. The molecule has 0 spiro atoms. The van der Waals surface area contributed by atoms with Gasteiger partial charge in [-0.1, -0.05) is 24.3 Å². The van der Waals surface area contributed by atoms with Crippen LogP contribution in [0.3, 0.4) is 0 Å². The highest BCUT2D eigenvalue weighted by Crippen LogP contribution is 2.34. The number of benzene rings is 2. The van der Waals surface area contributed by atoms with E-state index in [2.05, 4.69) is 67.6 Å². The number of hydrogen-bond acceptors (Lipinski definition) is 9. The molecule has 12 heteroatoms.